The van der Waals surface area contributed by atoms with Gasteiger partial charge < -0.3 is 9.94 Å². The predicted octanol–water partition coefficient (Wildman–Crippen LogP) is -0.0479. The van der Waals surface area contributed by atoms with Crippen molar-refractivity contribution < 1.29 is 35.6 Å². The van der Waals surface area contributed by atoms with Gasteiger partial charge in [0.2, 0.25) is 0 Å². The number of carbonyl (C=O) groups excluding carboxylic acids is 1. The maximum atomic E-state index is 12.0. The average Bonchev–Trinajstić information content (AvgIpc) is 2.80. The van der Waals surface area contributed by atoms with Crippen molar-refractivity contribution in [3.05, 3.63) is 5.21 Å². The highest BCUT2D eigenvalue weighted by atomic mass is 32.2. The standard InChI is InChI=1S/C9H14F3NO5S/c10-9(11,12)19(16,17)13(15)5-6-18-8(14)7-3-1-2-4-7/h7,13H,1-6H2. The maximum Gasteiger partial charge on any atom is 0.549 e. The first-order valence-corrected chi connectivity index (χ1v) is 7.15. The van der Waals surface area contributed by atoms with Crippen LogP contribution in [0.15, 0.2) is 0 Å². The lowest BCUT2D eigenvalue weighted by Crippen LogP contribution is -3.11. The van der Waals surface area contributed by atoms with Gasteiger partial charge in [-0.3, -0.25) is 9.26 Å². The van der Waals surface area contributed by atoms with Crippen LogP contribution in [0.4, 0.5) is 13.2 Å². The molecule has 1 aliphatic carbocycles. The van der Waals surface area contributed by atoms with Gasteiger partial charge in [0.15, 0.2) is 0 Å². The molecule has 1 saturated carbocycles. The van der Waals surface area contributed by atoms with Crippen molar-refractivity contribution in [2.24, 2.45) is 5.92 Å². The topological polar surface area (TPSA) is 87.9 Å². The van der Waals surface area contributed by atoms with Crippen LogP contribution in [0.1, 0.15) is 25.7 Å². The molecule has 0 aromatic carbocycles. The Labute approximate surface area is 108 Å². The van der Waals surface area contributed by atoms with Crippen LogP contribution in [0, 0.1) is 11.1 Å². The molecule has 6 nitrogen and oxygen atoms in total. The molecule has 0 saturated heterocycles. The Morgan fingerprint density at radius 3 is 2.32 bits per heavy atom. The van der Waals surface area contributed by atoms with Gasteiger partial charge in [-0.15, -0.1) is 0 Å². The molecule has 112 valence electrons. The van der Waals surface area contributed by atoms with Crippen molar-refractivity contribution in [1.29, 1.82) is 0 Å². The second-order valence-electron chi connectivity index (χ2n) is 4.22. The molecule has 1 aliphatic rings. The second-order valence-corrected chi connectivity index (χ2v) is 6.15. The van der Waals surface area contributed by atoms with Gasteiger partial charge in [-0.1, -0.05) is 12.8 Å². The molecular weight excluding hydrogens is 291 g/mol. The molecule has 1 atom stereocenters. The monoisotopic (exact) mass is 305 g/mol. The summed E-state index contributed by atoms with van der Waals surface area (Å²) in [5.41, 5.74) is -5.61. The number of hydrogen-bond acceptors (Lipinski definition) is 5. The number of esters is 1. The Hall–Kier alpha value is -0.870. The fourth-order valence-electron chi connectivity index (χ4n) is 1.78. The van der Waals surface area contributed by atoms with Crippen LogP contribution < -0.4 is 4.47 Å². The molecule has 0 aromatic rings. The molecule has 0 aliphatic heterocycles. The number of hydroxylamine groups is 1. The molecule has 19 heavy (non-hydrogen) atoms. The molecular formula is C9H14F3NO5S. The number of hydrogen-bond donors (Lipinski definition) is 1. The van der Waals surface area contributed by atoms with Crippen molar-refractivity contribution in [1.82, 2.24) is 0 Å². The van der Waals surface area contributed by atoms with Crippen molar-refractivity contribution >= 4 is 16.0 Å². The van der Waals surface area contributed by atoms with Crippen LogP contribution in [-0.2, 0) is 19.6 Å². The van der Waals surface area contributed by atoms with Crippen LogP contribution in [0.2, 0.25) is 0 Å². The lowest BCUT2D eigenvalue weighted by Gasteiger charge is -2.22. The first kappa shape index (κ1) is 16.2. The number of rotatable bonds is 5. The number of halogens is 3. The highest BCUT2D eigenvalue weighted by Gasteiger charge is 2.51. The molecule has 0 amide bonds. The van der Waals surface area contributed by atoms with Gasteiger partial charge in [0, 0.05) is 0 Å². The number of carbonyl (C=O) groups is 1. The number of nitrogens with one attached hydrogen (secondary N) is 1. The highest BCUT2D eigenvalue weighted by molar-refractivity contribution is 7.86. The summed E-state index contributed by atoms with van der Waals surface area (Å²) in [6.45, 7) is -1.64. The Morgan fingerprint density at radius 1 is 1.32 bits per heavy atom. The van der Waals surface area contributed by atoms with Crippen LogP contribution in [0.25, 0.3) is 0 Å². The fraction of sp³-hybridized carbons (Fsp3) is 0.889. The van der Waals surface area contributed by atoms with E-state index in [2.05, 4.69) is 4.74 Å². The quantitative estimate of drug-likeness (QED) is 0.568. The van der Waals surface area contributed by atoms with Gasteiger partial charge in [0.1, 0.15) is 13.2 Å². The molecule has 0 spiro atoms. The van der Waals surface area contributed by atoms with E-state index in [1.807, 2.05) is 0 Å². The molecule has 0 radical (unpaired) electrons. The van der Waals surface area contributed by atoms with Crippen molar-refractivity contribution in [3.63, 3.8) is 0 Å². The maximum absolute atomic E-state index is 12.0. The summed E-state index contributed by atoms with van der Waals surface area (Å²) < 4.78 is 60.0. The Bertz CT molecular complexity index is 416. The summed E-state index contributed by atoms with van der Waals surface area (Å²) in [7, 11) is -5.82. The number of ether oxygens (including phenoxy) is 1. The molecule has 0 aromatic heterocycles. The smallest absolute Gasteiger partial charge is 0.549 e. The number of sulfonamides is 1. The third kappa shape index (κ3) is 4.05. The Balaban J connectivity index is 2.39. The van der Waals surface area contributed by atoms with Crippen molar-refractivity contribution in [2.45, 2.75) is 31.2 Å². The van der Waals surface area contributed by atoms with Crippen LogP contribution in [0.5, 0.6) is 0 Å². The Kier molecular flexibility index (Phi) is 5.16. The fourth-order valence-corrected chi connectivity index (χ4v) is 2.39. The molecule has 1 unspecified atom stereocenters. The minimum atomic E-state index is -5.82. The van der Waals surface area contributed by atoms with Gasteiger partial charge in [-0.2, -0.15) is 21.6 Å². The number of quaternary nitrogens is 1. The van der Waals surface area contributed by atoms with Gasteiger partial charge >= 0.3 is 21.5 Å². The van der Waals surface area contributed by atoms with E-state index in [-0.39, 0.29) is 5.92 Å². The zero-order valence-electron chi connectivity index (χ0n) is 9.90. The van der Waals surface area contributed by atoms with Crippen molar-refractivity contribution in [3.8, 4) is 0 Å². The highest BCUT2D eigenvalue weighted by Crippen LogP contribution is 2.25. The molecule has 0 bridgehead atoms. The summed E-state index contributed by atoms with van der Waals surface area (Å²) in [6, 6.07) is 0. The minimum Gasteiger partial charge on any atom is -0.618 e. The first-order valence-electron chi connectivity index (χ1n) is 5.67. The summed E-state index contributed by atoms with van der Waals surface area (Å²) in [6.07, 6.45) is 3.05. The minimum absolute atomic E-state index is 0.297. The van der Waals surface area contributed by atoms with Crippen LogP contribution >= 0.6 is 0 Å². The number of alkyl halides is 3. The van der Waals surface area contributed by atoms with E-state index in [9.17, 15) is 31.6 Å². The van der Waals surface area contributed by atoms with E-state index in [0.717, 1.165) is 12.8 Å². The molecule has 0 heterocycles. The van der Waals surface area contributed by atoms with Gasteiger partial charge in [0.05, 0.1) is 5.92 Å². The van der Waals surface area contributed by atoms with Crippen LogP contribution in [0.3, 0.4) is 0 Å². The average molecular weight is 305 g/mol. The second kappa shape index (κ2) is 6.06. The zero-order chi connectivity index (χ0) is 14.7. The summed E-state index contributed by atoms with van der Waals surface area (Å²) in [5, 5.41) is 10.9. The van der Waals surface area contributed by atoms with E-state index in [1.54, 1.807) is 0 Å². The van der Waals surface area contributed by atoms with E-state index < -0.39 is 39.1 Å². The van der Waals surface area contributed by atoms with Gasteiger partial charge in [0.25, 0.3) is 0 Å². The van der Waals surface area contributed by atoms with Gasteiger partial charge in [-0.25, -0.2) is 0 Å². The van der Waals surface area contributed by atoms with E-state index in [0.29, 0.717) is 12.8 Å². The molecule has 1 N–H and O–H groups in total. The lowest BCUT2D eigenvalue weighted by atomic mass is 10.1. The summed E-state index contributed by atoms with van der Waals surface area (Å²) in [4.78, 5) is 11.4. The van der Waals surface area contributed by atoms with E-state index in [1.165, 1.54) is 0 Å². The largest absolute Gasteiger partial charge is 0.618 e. The lowest BCUT2D eigenvalue weighted by molar-refractivity contribution is -0.712. The van der Waals surface area contributed by atoms with Crippen molar-refractivity contribution in [2.75, 3.05) is 13.2 Å². The Morgan fingerprint density at radius 2 is 1.84 bits per heavy atom. The predicted molar refractivity (Wildman–Crippen MR) is 57.1 cm³/mol. The van der Waals surface area contributed by atoms with Gasteiger partial charge in [-0.05, 0) is 12.8 Å². The van der Waals surface area contributed by atoms with E-state index in [4.69, 9.17) is 0 Å². The summed E-state index contributed by atoms with van der Waals surface area (Å²) >= 11 is 0. The molecule has 10 heteroatoms. The summed E-state index contributed by atoms with van der Waals surface area (Å²) in [5.74, 6) is -0.885. The zero-order valence-corrected chi connectivity index (χ0v) is 10.7. The third-order valence-corrected chi connectivity index (χ3v) is 4.26. The van der Waals surface area contributed by atoms with Crippen LogP contribution in [-0.4, -0.2) is 33.0 Å². The van der Waals surface area contributed by atoms with E-state index >= 15 is 0 Å². The SMILES string of the molecule is O=C(OCC[NH+]([O-])S(=O)(=O)C(F)(F)F)C1CCCC1. The normalized spacial score (nSPS) is 19.4. The molecule has 1 rings (SSSR count). The first-order chi connectivity index (χ1) is 8.66. The third-order valence-electron chi connectivity index (χ3n) is 2.84. The molecule has 1 fully saturated rings.